The molecule has 0 aliphatic heterocycles. The lowest BCUT2D eigenvalue weighted by atomic mass is 10.2. The smallest absolute Gasteiger partial charge is 0.331 e. The zero-order valence-electron chi connectivity index (χ0n) is 8.68. The van der Waals surface area contributed by atoms with Crippen LogP contribution in [0, 0.1) is 0 Å². The molecule has 0 N–H and O–H groups in total. The van der Waals surface area contributed by atoms with Gasteiger partial charge in [-0.05, 0) is 17.7 Å². The average Bonchev–Trinajstić information content (AvgIpc) is 2.29. The molecule has 0 aliphatic rings. The van der Waals surface area contributed by atoms with Gasteiger partial charge in [0.25, 0.3) is 0 Å². The van der Waals surface area contributed by atoms with E-state index >= 15 is 0 Å². The van der Waals surface area contributed by atoms with Gasteiger partial charge in [-0.25, -0.2) is 4.79 Å². The third kappa shape index (κ3) is 4.59. The lowest BCUT2D eigenvalue weighted by Gasteiger charge is -1.98. The predicted octanol–water partition coefficient (Wildman–Crippen LogP) is 2.28. The summed E-state index contributed by atoms with van der Waals surface area (Å²) in [7, 11) is 0.0483. The van der Waals surface area contributed by atoms with Crippen molar-refractivity contribution in [2.24, 2.45) is 0 Å². The van der Waals surface area contributed by atoms with Gasteiger partial charge in [0, 0.05) is 16.5 Å². The highest BCUT2D eigenvalue weighted by Crippen LogP contribution is 2.11. The second kappa shape index (κ2) is 6.45. The monoisotopic (exact) mass is 258 g/mol. The molecule has 5 heteroatoms. The topological polar surface area (TPSA) is 43.4 Å². The van der Waals surface area contributed by atoms with Gasteiger partial charge in [0.1, 0.15) is 0 Å². The lowest BCUT2D eigenvalue weighted by molar-refractivity contribution is -0.134. The quantitative estimate of drug-likeness (QED) is 0.615. The SMILES string of the molecule is COC(=O)/C=C/S(=O)Cc1ccc(Cl)cc1. The van der Waals surface area contributed by atoms with E-state index in [1.54, 1.807) is 24.3 Å². The summed E-state index contributed by atoms with van der Waals surface area (Å²) in [5, 5.41) is 1.96. The van der Waals surface area contributed by atoms with Crippen molar-refractivity contribution in [1.29, 1.82) is 0 Å². The zero-order chi connectivity index (χ0) is 12.0. The maximum absolute atomic E-state index is 11.5. The van der Waals surface area contributed by atoms with E-state index in [0.717, 1.165) is 11.6 Å². The Balaban J connectivity index is 2.55. The number of ether oxygens (including phenoxy) is 1. The minimum Gasteiger partial charge on any atom is -0.466 e. The Labute approximate surface area is 102 Å². The fourth-order valence-electron chi connectivity index (χ4n) is 0.992. The average molecular weight is 259 g/mol. The molecular weight excluding hydrogens is 248 g/mol. The molecule has 0 aromatic heterocycles. The molecule has 0 radical (unpaired) electrons. The van der Waals surface area contributed by atoms with Crippen molar-refractivity contribution < 1.29 is 13.7 Å². The van der Waals surface area contributed by atoms with Crippen LogP contribution in [0.4, 0.5) is 0 Å². The Bertz CT molecular complexity index is 412. The van der Waals surface area contributed by atoms with E-state index in [0.29, 0.717) is 10.8 Å². The summed E-state index contributed by atoms with van der Waals surface area (Å²) in [5.41, 5.74) is 0.900. The van der Waals surface area contributed by atoms with E-state index in [-0.39, 0.29) is 0 Å². The molecule has 0 saturated carbocycles. The molecule has 0 saturated heterocycles. The second-order valence-corrected chi connectivity index (χ2v) is 4.74. The number of esters is 1. The summed E-state index contributed by atoms with van der Waals surface area (Å²) in [6.45, 7) is 0. The van der Waals surface area contributed by atoms with Gasteiger partial charge in [0.15, 0.2) is 0 Å². The summed E-state index contributed by atoms with van der Waals surface area (Å²) >= 11 is 5.72. The fraction of sp³-hybridized carbons (Fsp3) is 0.182. The van der Waals surface area contributed by atoms with Gasteiger partial charge in [-0.1, -0.05) is 23.7 Å². The third-order valence-electron chi connectivity index (χ3n) is 1.78. The minimum atomic E-state index is -1.22. The zero-order valence-corrected chi connectivity index (χ0v) is 10.3. The number of carbonyl (C=O) groups excluding carboxylic acids is 1. The van der Waals surface area contributed by atoms with Crippen LogP contribution in [-0.2, 0) is 26.1 Å². The van der Waals surface area contributed by atoms with Gasteiger partial charge < -0.3 is 4.74 Å². The summed E-state index contributed by atoms with van der Waals surface area (Å²) in [6, 6.07) is 7.06. The van der Waals surface area contributed by atoms with Crippen molar-refractivity contribution in [3.63, 3.8) is 0 Å². The first-order valence-electron chi connectivity index (χ1n) is 4.49. The van der Waals surface area contributed by atoms with Crippen molar-refractivity contribution in [3.05, 3.63) is 46.3 Å². The van der Waals surface area contributed by atoms with Crippen LogP contribution in [0.3, 0.4) is 0 Å². The number of methoxy groups -OCH3 is 1. The van der Waals surface area contributed by atoms with Crippen molar-refractivity contribution >= 4 is 28.4 Å². The van der Waals surface area contributed by atoms with E-state index in [1.165, 1.54) is 12.5 Å². The number of hydrogen-bond donors (Lipinski definition) is 0. The molecule has 1 rings (SSSR count). The highest BCUT2D eigenvalue weighted by molar-refractivity contribution is 7.87. The van der Waals surface area contributed by atoms with Crippen LogP contribution >= 0.6 is 11.6 Å². The van der Waals surface area contributed by atoms with E-state index in [9.17, 15) is 9.00 Å². The number of benzene rings is 1. The maximum Gasteiger partial charge on any atom is 0.331 e. The van der Waals surface area contributed by atoms with Crippen molar-refractivity contribution in [1.82, 2.24) is 0 Å². The third-order valence-corrected chi connectivity index (χ3v) is 3.09. The molecule has 1 atom stereocenters. The van der Waals surface area contributed by atoms with Crippen LogP contribution in [0.5, 0.6) is 0 Å². The molecular formula is C11H11ClO3S. The molecule has 0 spiro atoms. The summed E-state index contributed by atoms with van der Waals surface area (Å²) in [4.78, 5) is 10.8. The molecule has 0 amide bonds. The van der Waals surface area contributed by atoms with Crippen LogP contribution in [0.25, 0.3) is 0 Å². The number of rotatable bonds is 4. The Kier molecular flexibility index (Phi) is 5.22. The van der Waals surface area contributed by atoms with Crippen molar-refractivity contribution in [3.8, 4) is 0 Å². The molecule has 0 aliphatic carbocycles. The molecule has 1 aromatic rings. The van der Waals surface area contributed by atoms with Crippen molar-refractivity contribution in [2.45, 2.75) is 5.75 Å². The molecule has 16 heavy (non-hydrogen) atoms. The van der Waals surface area contributed by atoms with Crippen LogP contribution in [0.2, 0.25) is 5.02 Å². The highest BCUT2D eigenvalue weighted by atomic mass is 35.5. The predicted molar refractivity (Wildman–Crippen MR) is 64.5 cm³/mol. The normalized spacial score (nSPS) is 12.6. The van der Waals surface area contributed by atoms with Gasteiger partial charge in [0.05, 0.1) is 23.7 Å². The maximum atomic E-state index is 11.5. The standard InChI is InChI=1S/C11H11ClO3S/c1-15-11(13)6-7-16(14)8-9-2-4-10(12)5-3-9/h2-7H,8H2,1H3/b7-6+. The molecule has 0 fully saturated rings. The van der Waals surface area contributed by atoms with Crippen molar-refractivity contribution in [2.75, 3.05) is 7.11 Å². The summed E-state index contributed by atoms with van der Waals surface area (Å²) < 4.78 is 15.9. The lowest BCUT2D eigenvalue weighted by Crippen LogP contribution is -1.96. The highest BCUT2D eigenvalue weighted by Gasteiger charge is 1.99. The number of hydrogen-bond acceptors (Lipinski definition) is 3. The molecule has 3 nitrogen and oxygen atoms in total. The van der Waals surface area contributed by atoms with Crippen LogP contribution in [-0.4, -0.2) is 17.3 Å². The minimum absolute atomic E-state index is 0.352. The molecule has 1 aromatic carbocycles. The first kappa shape index (κ1) is 12.9. The van der Waals surface area contributed by atoms with Crippen LogP contribution < -0.4 is 0 Å². The Morgan fingerprint density at radius 3 is 2.62 bits per heavy atom. The number of halogens is 1. The molecule has 0 bridgehead atoms. The van der Waals surface area contributed by atoms with Crippen LogP contribution in [0.1, 0.15) is 5.56 Å². The van der Waals surface area contributed by atoms with Gasteiger partial charge in [-0.15, -0.1) is 0 Å². The molecule has 0 heterocycles. The van der Waals surface area contributed by atoms with E-state index in [4.69, 9.17) is 11.6 Å². The Hall–Kier alpha value is -1.13. The summed E-state index contributed by atoms with van der Waals surface area (Å²) in [6.07, 6.45) is 1.16. The Morgan fingerprint density at radius 1 is 1.44 bits per heavy atom. The first-order valence-corrected chi connectivity index (χ1v) is 6.25. The second-order valence-electron chi connectivity index (χ2n) is 2.98. The van der Waals surface area contributed by atoms with E-state index in [2.05, 4.69) is 4.74 Å². The van der Waals surface area contributed by atoms with Gasteiger partial charge in [-0.3, -0.25) is 4.21 Å². The van der Waals surface area contributed by atoms with Crippen LogP contribution in [0.15, 0.2) is 35.7 Å². The summed E-state index contributed by atoms with van der Waals surface area (Å²) in [5.74, 6) is -0.158. The van der Waals surface area contributed by atoms with E-state index < -0.39 is 16.8 Å². The molecule has 1 unspecified atom stereocenters. The van der Waals surface area contributed by atoms with Gasteiger partial charge >= 0.3 is 5.97 Å². The molecule has 86 valence electrons. The Morgan fingerprint density at radius 2 is 2.06 bits per heavy atom. The van der Waals surface area contributed by atoms with Gasteiger partial charge in [-0.2, -0.15) is 0 Å². The van der Waals surface area contributed by atoms with E-state index in [1.807, 2.05) is 0 Å². The first-order chi connectivity index (χ1) is 7.61. The fourth-order valence-corrected chi connectivity index (χ4v) is 2.00. The van der Waals surface area contributed by atoms with Gasteiger partial charge in [0.2, 0.25) is 0 Å². The largest absolute Gasteiger partial charge is 0.466 e. The number of carbonyl (C=O) groups is 1.